The molecule has 1 aromatic carbocycles. The lowest BCUT2D eigenvalue weighted by Crippen LogP contribution is -2.07. The number of aromatic nitrogens is 3. The predicted molar refractivity (Wildman–Crippen MR) is 91.9 cm³/mol. The summed E-state index contributed by atoms with van der Waals surface area (Å²) in [4.78, 5) is 4.36. The van der Waals surface area contributed by atoms with Crippen LogP contribution in [0.5, 0.6) is 0 Å². The number of thiazole rings is 1. The van der Waals surface area contributed by atoms with Crippen LogP contribution in [0.3, 0.4) is 0 Å². The van der Waals surface area contributed by atoms with Gasteiger partial charge in [0.1, 0.15) is 5.01 Å². The number of benzene rings is 1. The molecule has 0 radical (unpaired) electrons. The molecule has 2 heterocycles. The van der Waals surface area contributed by atoms with Crippen LogP contribution in [0.15, 0.2) is 36.0 Å². The summed E-state index contributed by atoms with van der Waals surface area (Å²) in [5.74, 6) is 0. The van der Waals surface area contributed by atoms with Gasteiger partial charge in [0.2, 0.25) is 0 Å². The molecule has 22 heavy (non-hydrogen) atoms. The quantitative estimate of drug-likeness (QED) is 0.775. The Balaban J connectivity index is 1.90. The van der Waals surface area contributed by atoms with Gasteiger partial charge in [-0.1, -0.05) is 12.1 Å². The molecule has 0 amide bonds. The van der Waals surface area contributed by atoms with Crippen LogP contribution in [0.1, 0.15) is 34.8 Å². The smallest absolute Gasteiger partial charge is 0.115 e. The van der Waals surface area contributed by atoms with Crippen molar-refractivity contribution in [1.29, 1.82) is 0 Å². The van der Waals surface area contributed by atoms with Crippen LogP contribution in [0.2, 0.25) is 0 Å². The van der Waals surface area contributed by atoms with Gasteiger partial charge in [-0.15, -0.1) is 11.3 Å². The van der Waals surface area contributed by atoms with Crippen LogP contribution in [-0.2, 0) is 0 Å². The normalized spacial score (nSPS) is 12.4. The number of hydrogen-bond acceptors (Lipinski definition) is 4. The zero-order valence-electron chi connectivity index (χ0n) is 13.3. The van der Waals surface area contributed by atoms with Crippen molar-refractivity contribution in [1.82, 2.24) is 14.8 Å². The molecule has 1 N–H and O–H groups in total. The fourth-order valence-electron chi connectivity index (χ4n) is 2.49. The highest BCUT2D eigenvalue weighted by Crippen LogP contribution is 2.26. The lowest BCUT2D eigenvalue weighted by Gasteiger charge is -2.13. The van der Waals surface area contributed by atoms with Crippen LogP contribution in [0.25, 0.3) is 5.69 Å². The minimum atomic E-state index is 0.176. The molecule has 1 atom stereocenters. The number of hydrogen-bond donors (Lipinski definition) is 1. The number of aryl methyl sites for hydroxylation is 2. The van der Waals surface area contributed by atoms with Gasteiger partial charge in [-0.25, -0.2) is 9.67 Å². The lowest BCUT2D eigenvalue weighted by atomic mass is 10.1. The largest absolute Gasteiger partial charge is 0.373 e. The zero-order chi connectivity index (χ0) is 15.7. The highest BCUT2D eigenvalue weighted by atomic mass is 32.1. The van der Waals surface area contributed by atoms with Crippen molar-refractivity contribution in [2.75, 3.05) is 5.32 Å². The molecule has 0 aliphatic carbocycles. The van der Waals surface area contributed by atoms with Crippen molar-refractivity contribution in [2.45, 2.75) is 33.7 Å². The molecule has 3 rings (SSSR count). The van der Waals surface area contributed by atoms with Gasteiger partial charge in [0.05, 0.1) is 29.3 Å². The standard InChI is InChI=1S/C17H20N4S/c1-11-5-6-12(2)16(9-11)21-14(4)15(10-19-21)20-13(3)17-18-7-8-22-17/h5-10,13,20H,1-4H3. The number of anilines is 1. The van der Waals surface area contributed by atoms with Crippen molar-refractivity contribution in [3.63, 3.8) is 0 Å². The highest BCUT2D eigenvalue weighted by Gasteiger charge is 2.14. The van der Waals surface area contributed by atoms with Crippen LogP contribution >= 0.6 is 11.3 Å². The Kier molecular flexibility index (Phi) is 3.98. The first kappa shape index (κ1) is 14.8. The fourth-order valence-corrected chi connectivity index (χ4v) is 3.13. The van der Waals surface area contributed by atoms with Crippen LogP contribution in [0, 0.1) is 20.8 Å². The van der Waals surface area contributed by atoms with Crippen molar-refractivity contribution in [2.24, 2.45) is 0 Å². The molecule has 0 fully saturated rings. The van der Waals surface area contributed by atoms with E-state index in [1.165, 1.54) is 11.1 Å². The third kappa shape index (κ3) is 2.76. The zero-order valence-corrected chi connectivity index (χ0v) is 14.1. The Labute approximate surface area is 134 Å². The van der Waals surface area contributed by atoms with E-state index in [-0.39, 0.29) is 6.04 Å². The average Bonchev–Trinajstić information content (AvgIpc) is 3.13. The van der Waals surface area contributed by atoms with Crippen molar-refractivity contribution < 1.29 is 0 Å². The molecular formula is C17H20N4S. The summed E-state index contributed by atoms with van der Waals surface area (Å²) in [7, 11) is 0. The van der Waals surface area contributed by atoms with E-state index >= 15 is 0 Å². The summed E-state index contributed by atoms with van der Waals surface area (Å²) in [6, 6.07) is 6.61. The summed E-state index contributed by atoms with van der Waals surface area (Å²) in [6.07, 6.45) is 3.73. The SMILES string of the molecule is Cc1ccc(C)c(-n2ncc(NC(C)c3nccs3)c2C)c1. The molecule has 0 saturated carbocycles. The van der Waals surface area contributed by atoms with E-state index in [1.54, 1.807) is 11.3 Å². The van der Waals surface area contributed by atoms with Gasteiger partial charge in [-0.3, -0.25) is 0 Å². The van der Waals surface area contributed by atoms with Gasteiger partial charge in [0, 0.05) is 11.6 Å². The molecular weight excluding hydrogens is 292 g/mol. The summed E-state index contributed by atoms with van der Waals surface area (Å²) in [5, 5.41) is 11.1. The lowest BCUT2D eigenvalue weighted by molar-refractivity contribution is 0.835. The first-order chi connectivity index (χ1) is 10.6. The predicted octanol–water partition coefficient (Wildman–Crippen LogP) is 4.43. The van der Waals surface area contributed by atoms with E-state index in [0.29, 0.717) is 0 Å². The van der Waals surface area contributed by atoms with E-state index in [4.69, 9.17) is 0 Å². The van der Waals surface area contributed by atoms with Gasteiger partial charge in [-0.2, -0.15) is 5.10 Å². The van der Waals surface area contributed by atoms with Gasteiger partial charge in [-0.05, 0) is 44.9 Å². The number of rotatable bonds is 4. The Morgan fingerprint density at radius 3 is 2.77 bits per heavy atom. The maximum Gasteiger partial charge on any atom is 0.115 e. The topological polar surface area (TPSA) is 42.7 Å². The molecule has 114 valence electrons. The first-order valence-corrected chi connectivity index (χ1v) is 8.22. The minimum Gasteiger partial charge on any atom is -0.373 e. The minimum absolute atomic E-state index is 0.176. The van der Waals surface area contributed by atoms with E-state index in [0.717, 1.165) is 22.1 Å². The van der Waals surface area contributed by atoms with Gasteiger partial charge in [0.15, 0.2) is 0 Å². The van der Waals surface area contributed by atoms with Gasteiger partial charge in [0.25, 0.3) is 0 Å². The molecule has 2 aromatic heterocycles. The number of nitrogens with one attached hydrogen (secondary N) is 1. The molecule has 0 aliphatic heterocycles. The molecule has 3 aromatic rings. The van der Waals surface area contributed by atoms with Crippen molar-refractivity contribution in [3.8, 4) is 5.69 Å². The van der Waals surface area contributed by atoms with E-state index in [2.05, 4.69) is 61.3 Å². The highest BCUT2D eigenvalue weighted by molar-refractivity contribution is 7.09. The van der Waals surface area contributed by atoms with Crippen LogP contribution in [0.4, 0.5) is 5.69 Å². The molecule has 0 aliphatic rings. The average molecular weight is 312 g/mol. The van der Waals surface area contributed by atoms with Crippen LogP contribution in [-0.4, -0.2) is 14.8 Å². The first-order valence-electron chi connectivity index (χ1n) is 7.34. The monoisotopic (exact) mass is 312 g/mol. The second kappa shape index (κ2) is 5.93. The maximum atomic E-state index is 4.56. The Bertz CT molecular complexity index is 774. The summed E-state index contributed by atoms with van der Waals surface area (Å²) in [6.45, 7) is 8.42. The molecule has 0 spiro atoms. The van der Waals surface area contributed by atoms with E-state index < -0.39 is 0 Å². The summed E-state index contributed by atoms with van der Waals surface area (Å²) >= 11 is 1.66. The van der Waals surface area contributed by atoms with E-state index in [1.807, 2.05) is 22.5 Å². The maximum absolute atomic E-state index is 4.56. The van der Waals surface area contributed by atoms with Crippen molar-refractivity contribution >= 4 is 17.0 Å². The van der Waals surface area contributed by atoms with Gasteiger partial charge >= 0.3 is 0 Å². The Hall–Kier alpha value is -2.14. The number of nitrogens with zero attached hydrogens (tertiary/aromatic N) is 3. The van der Waals surface area contributed by atoms with Crippen molar-refractivity contribution in [3.05, 3.63) is 57.8 Å². The second-order valence-electron chi connectivity index (χ2n) is 5.58. The summed E-state index contributed by atoms with van der Waals surface area (Å²) < 4.78 is 2.00. The Morgan fingerprint density at radius 1 is 1.23 bits per heavy atom. The molecule has 4 nitrogen and oxygen atoms in total. The molecule has 0 bridgehead atoms. The third-order valence-corrected chi connectivity index (χ3v) is 4.75. The van der Waals surface area contributed by atoms with Gasteiger partial charge < -0.3 is 5.32 Å². The summed E-state index contributed by atoms with van der Waals surface area (Å²) in [5.41, 5.74) is 5.74. The van der Waals surface area contributed by atoms with Crippen LogP contribution < -0.4 is 5.32 Å². The van der Waals surface area contributed by atoms with E-state index in [9.17, 15) is 0 Å². The fraction of sp³-hybridized carbons (Fsp3) is 0.294. The second-order valence-corrected chi connectivity index (χ2v) is 6.51. The molecule has 1 unspecified atom stereocenters. The molecule has 0 saturated heterocycles. The molecule has 5 heteroatoms. The Morgan fingerprint density at radius 2 is 2.05 bits per heavy atom. The third-order valence-electron chi connectivity index (χ3n) is 3.80.